The summed E-state index contributed by atoms with van der Waals surface area (Å²) in [5, 5.41) is 0. The van der Waals surface area contributed by atoms with Crippen LogP contribution in [0.2, 0.25) is 0 Å². The lowest BCUT2D eigenvalue weighted by Gasteiger charge is -2.03. The number of unbranched alkanes of at least 4 members (excludes halogenated alkanes) is 14. The largest absolute Gasteiger partial charge is 0.250 e. The number of aromatic amines is 1. The van der Waals surface area contributed by atoms with Crippen LogP contribution in [0.15, 0.2) is 18.7 Å². The number of imidazole rings is 1. The molecule has 1 aromatic rings. The molecule has 1 rings (SSSR count). The lowest BCUT2D eigenvalue weighted by atomic mass is 10.0. The number of H-pyrrole nitrogens is 1. The average Bonchev–Trinajstić information content (AvgIpc) is 3.04. The Morgan fingerprint density at radius 2 is 1.09 bits per heavy atom. The van der Waals surface area contributed by atoms with Crippen molar-refractivity contribution in [2.24, 2.45) is 0 Å². The molecule has 2 nitrogen and oxygen atoms in total. The van der Waals surface area contributed by atoms with E-state index in [4.69, 9.17) is 0 Å². The number of nitrogens with zero attached hydrogens (tertiary/aromatic N) is 1. The molecule has 0 atom stereocenters. The van der Waals surface area contributed by atoms with E-state index in [9.17, 15) is 0 Å². The van der Waals surface area contributed by atoms with Gasteiger partial charge in [-0.25, -0.2) is 4.57 Å². The van der Waals surface area contributed by atoms with E-state index in [-0.39, 0.29) is 0 Å². The van der Waals surface area contributed by atoms with E-state index in [1.807, 2.05) is 12.5 Å². The molecule has 1 heterocycles. The van der Waals surface area contributed by atoms with Gasteiger partial charge in [0.25, 0.3) is 0 Å². The highest BCUT2D eigenvalue weighted by atomic mass is 15.0. The maximum Gasteiger partial charge on any atom is 0.241 e. The topological polar surface area (TPSA) is 19.7 Å². The van der Waals surface area contributed by atoms with Crippen molar-refractivity contribution in [3.05, 3.63) is 18.7 Å². The summed E-state index contributed by atoms with van der Waals surface area (Å²) in [6.07, 6.45) is 27.7. The number of hydrogen-bond acceptors (Lipinski definition) is 0. The van der Waals surface area contributed by atoms with Gasteiger partial charge in [0.05, 0.1) is 6.54 Å². The minimum atomic E-state index is 1.17. The zero-order valence-electron chi connectivity index (χ0n) is 15.0. The summed E-state index contributed by atoms with van der Waals surface area (Å²) in [5.41, 5.74) is 0. The van der Waals surface area contributed by atoms with Gasteiger partial charge in [-0.1, -0.05) is 90.4 Å². The summed E-state index contributed by atoms with van der Waals surface area (Å²) < 4.78 is 2.24. The molecule has 1 N–H and O–H groups in total. The summed E-state index contributed by atoms with van der Waals surface area (Å²) in [6.45, 7) is 3.46. The number of hydrogen-bond donors (Lipinski definition) is 1. The molecule has 0 aliphatic carbocycles. The quantitative estimate of drug-likeness (QED) is 0.278. The molecule has 2 heteroatoms. The second-order valence-corrected chi connectivity index (χ2v) is 6.80. The Morgan fingerprint density at radius 3 is 1.50 bits per heavy atom. The summed E-state index contributed by atoms with van der Waals surface area (Å²) in [6, 6.07) is 0. The number of aryl methyl sites for hydroxylation is 1. The van der Waals surface area contributed by atoms with Gasteiger partial charge in [0.1, 0.15) is 12.4 Å². The van der Waals surface area contributed by atoms with E-state index in [0.29, 0.717) is 0 Å². The Balaban J connectivity index is 1.68. The Hall–Kier alpha value is -0.790. The van der Waals surface area contributed by atoms with E-state index in [1.54, 1.807) is 0 Å². The second kappa shape index (κ2) is 15.1. The summed E-state index contributed by atoms with van der Waals surface area (Å²) in [5.74, 6) is 0. The monoisotopic (exact) mass is 307 g/mol. The van der Waals surface area contributed by atoms with Gasteiger partial charge in [0.2, 0.25) is 6.33 Å². The van der Waals surface area contributed by atoms with Gasteiger partial charge in [-0.3, -0.25) is 4.98 Å². The smallest absolute Gasteiger partial charge is 0.241 e. The van der Waals surface area contributed by atoms with E-state index in [1.165, 1.54) is 103 Å². The standard InChI is InChI=1S/C20H38N2/c1-2-3-4-5-6-7-8-9-10-11-12-13-14-15-16-18-22-19-17-21-20-22/h17,19-20H,2-16,18H2,1H3/p+1. The van der Waals surface area contributed by atoms with Crippen molar-refractivity contribution in [2.45, 2.75) is 110 Å². The molecule has 0 aliphatic heterocycles. The molecule has 0 unspecified atom stereocenters. The van der Waals surface area contributed by atoms with Crippen LogP contribution in [0.1, 0.15) is 103 Å². The third kappa shape index (κ3) is 11.8. The predicted molar refractivity (Wildman–Crippen MR) is 95.9 cm³/mol. The molecule has 0 bridgehead atoms. The van der Waals surface area contributed by atoms with Crippen molar-refractivity contribution in [1.82, 2.24) is 4.98 Å². The molecule has 0 radical (unpaired) electrons. The van der Waals surface area contributed by atoms with Gasteiger partial charge in [-0.2, -0.15) is 0 Å². The Morgan fingerprint density at radius 1 is 0.636 bits per heavy atom. The van der Waals surface area contributed by atoms with Crippen molar-refractivity contribution in [2.75, 3.05) is 0 Å². The number of aromatic nitrogens is 2. The van der Waals surface area contributed by atoms with Gasteiger partial charge < -0.3 is 0 Å². The van der Waals surface area contributed by atoms with Crippen LogP contribution in [-0.4, -0.2) is 4.98 Å². The maximum absolute atomic E-state index is 3.09. The van der Waals surface area contributed by atoms with E-state index in [0.717, 1.165) is 0 Å². The highest BCUT2D eigenvalue weighted by Gasteiger charge is 1.97. The minimum Gasteiger partial charge on any atom is -0.250 e. The Kier molecular flexibility index (Phi) is 13.2. The average molecular weight is 308 g/mol. The molecule has 0 amide bonds. The molecule has 128 valence electrons. The Labute approximate surface area is 138 Å². The molecule has 0 saturated heterocycles. The third-order valence-corrected chi connectivity index (χ3v) is 4.62. The normalized spacial score (nSPS) is 11.1. The van der Waals surface area contributed by atoms with Crippen molar-refractivity contribution < 1.29 is 4.57 Å². The van der Waals surface area contributed by atoms with Crippen LogP contribution < -0.4 is 4.57 Å². The zero-order chi connectivity index (χ0) is 15.7. The van der Waals surface area contributed by atoms with Crippen LogP contribution in [0.3, 0.4) is 0 Å². The molecule has 0 spiro atoms. The van der Waals surface area contributed by atoms with Gasteiger partial charge in [-0.15, -0.1) is 0 Å². The minimum absolute atomic E-state index is 1.17. The van der Waals surface area contributed by atoms with Crippen LogP contribution in [0.5, 0.6) is 0 Å². The lowest BCUT2D eigenvalue weighted by Crippen LogP contribution is -2.30. The first kappa shape index (κ1) is 19.3. The first-order valence-corrected chi connectivity index (χ1v) is 9.95. The summed E-state index contributed by atoms with van der Waals surface area (Å²) in [4.78, 5) is 3.09. The van der Waals surface area contributed by atoms with Crippen LogP contribution >= 0.6 is 0 Å². The first-order valence-electron chi connectivity index (χ1n) is 9.95. The molecule has 0 aliphatic rings. The van der Waals surface area contributed by atoms with Crippen molar-refractivity contribution >= 4 is 0 Å². The number of nitrogens with one attached hydrogen (secondary N) is 1. The fourth-order valence-electron chi connectivity index (χ4n) is 3.13. The highest BCUT2D eigenvalue weighted by molar-refractivity contribution is 4.55. The predicted octanol–water partition coefficient (Wildman–Crippen LogP) is 6.17. The van der Waals surface area contributed by atoms with Gasteiger partial charge in [-0.05, 0) is 12.8 Å². The van der Waals surface area contributed by atoms with Gasteiger partial charge >= 0.3 is 0 Å². The van der Waals surface area contributed by atoms with Crippen LogP contribution in [0.25, 0.3) is 0 Å². The first-order chi connectivity index (χ1) is 10.9. The molecular weight excluding hydrogens is 268 g/mol. The fraction of sp³-hybridized carbons (Fsp3) is 0.850. The molecular formula is C20H39N2+. The van der Waals surface area contributed by atoms with Crippen LogP contribution in [-0.2, 0) is 6.54 Å². The van der Waals surface area contributed by atoms with E-state index in [2.05, 4.69) is 22.7 Å². The fourth-order valence-corrected chi connectivity index (χ4v) is 3.13. The van der Waals surface area contributed by atoms with Crippen molar-refractivity contribution in [3.63, 3.8) is 0 Å². The van der Waals surface area contributed by atoms with E-state index >= 15 is 0 Å². The maximum atomic E-state index is 3.09. The molecule has 1 aromatic heterocycles. The number of rotatable bonds is 16. The molecule has 0 fully saturated rings. The summed E-state index contributed by atoms with van der Waals surface area (Å²) in [7, 11) is 0. The SMILES string of the molecule is CCCCCCCCCCCCCCCCC[n+]1cc[nH]c1. The molecule has 0 aromatic carbocycles. The van der Waals surface area contributed by atoms with E-state index < -0.39 is 0 Å². The van der Waals surface area contributed by atoms with Gasteiger partial charge in [0.15, 0.2) is 0 Å². The highest BCUT2D eigenvalue weighted by Crippen LogP contribution is 2.13. The van der Waals surface area contributed by atoms with Crippen LogP contribution in [0.4, 0.5) is 0 Å². The lowest BCUT2D eigenvalue weighted by molar-refractivity contribution is -0.696. The third-order valence-electron chi connectivity index (χ3n) is 4.62. The Bertz CT molecular complexity index is 306. The van der Waals surface area contributed by atoms with Crippen molar-refractivity contribution in [1.29, 1.82) is 0 Å². The van der Waals surface area contributed by atoms with Gasteiger partial charge in [0, 0.05) is 0 Å². The summed E-state index contributed by atoms with van der Waals surface area (Å²) >= 11 is 0. The van der Waals surface area contributed by atoms with Crippen LogP contribution in [0, 0.1) is 0 Å². The second-order valence-electron chi connectivity index (χ2n) is 6.80. The molecule has 0 saturated carbocycles. The van der Waals surface area contributed by atoms with Crippen molar-refractivity contribution in [3.8, 4) is 0 Å². The zero-order valence-corrected chi connectivity index (χ0v) is 15.0. The molecule has 22 heavy (non-hydrogen) atoms.